The summed E-state index contributed by atoms with van der Waals surface area (Å²) in [5, 5.41) is 35.5. The largest absolute Gasteiger partial charge is 0.478 e. The van der Waals surface area contributed by atoms with Crippen LogP contribution in [0.5, 0.6) is 0 Å². The average molecular weight is 443 g/mol. The Morgan fingerprint density at radius 3 is 1.90 bits per heavy atom. The maximum absolute atomic E-state index is 9.55. The van der Waals surface area contributed by atoms with Crippen LogP contribution >= 0.6 is 11.3 Å². The van der Waals surface area contributed by atoms with Crippen LogP contribution in [0.25, 0.3) is 0 Å². The van der Waals surface area contributed by atoms with Crippen molar-refractivity contribution in [3.8, 4) is 0 Å². The molecule has 0 radical (unpaired) electrons. The molecule has 0 aliphatic heterocycles. The van der Waals surface area contributed by atoms with Crippen LogP contribution in [-0.4, -0.2) is 61.9 Å². The van der Waals surface area contributed by atoms with Crippen molar-refractivity contribution in [3.05, 3.63) is 34.9 Å². The third kappa shape index (κ3) is 13.8. The number of nitrogens with zero attached hydrogens (tertiary/aromatic N) is 1. The molecule has 0 fully saturated rings. The molecule has 1 aliphatic carbocycles. The molecule has 0 aromatic carbocycles. The lowest BCUT2D eigenvalue weighted by atomic mass is 9.98. The first-order chi connectivity index (χ1) is 14.0. The number of anilines is 1. The van der Waals surface area contributed by atoms with E-state index >= 15 is 0 Å². The molecule has 0 bridgehead atoms. The Labute approximate surface area is 176 Å². The number of carboxylic acids is 4. The highest BCUT2D eigenvalue weighted by molar-refractivity contribution is 7.15. The molecule has 7 N–H and O–H groups in total. The number of hydrogen-bond acceptors (Lipinski definition) is 8. The fourth-order valence-electron chi connectivity index (χ4n) is 2.20. The lowest BCUT2D eigenvalue weighted by Gasteiger charge is -2.21. The summed E-state index contributed by atoms with van der Waals surface area (Å²) in [7, 11) is 0. The Bertz CT molecular complexity index is 722. The number of rotatable bonds is 7. The number of nitrogens with two attached hydrogens (primary N) is 1. The maximum atomic E-state index is 9.55. The van der Waals surface area contributed by atoms with Crippen molar-refractivity contribution in [1.29, 1.82) is 0 Å². The minimum atomic E-state index is -1.26. The molecule has 0 saturated heterocycles. The summed E-state index contributed by atoms with van der Waals surface area (Å²) in [6.07, 6.45) is 6.84. The number of aliphatic carboxylic acids is 4. The van der Waals surface area contributed by atoms with Gasteiger partial charge >= 0.3 is 23.9 Å². The molecule has 1 aromatic rings. The Kier molecular flexibility index (Phi) is 13.1. The number of hydrogen-bond donors (Lipinski definition) is 6. The highest BCUT2D eigenvalue weighted by Crippen LogP contribution is 2.27. The monoisotopic (exact) mass is 443 g/mol. The molecular weight excluding hydrogens is 418 g/mol. The van der Waals surface area contributed by atoms with Gasteiger partial charge in [-0.15, -0.1) is 11.3 Å². The van der Waals surface area contributed by atoms with Gasteiger partial charge in [0.1, 0.15) is 0 Å². The Morgan fingerprint density at radius 2 is 1.50 bits per heavy atom. The van der Waals surface area contributed by atoms with Crippen LogP contribution in [0.4, 0.5) is 5.13 Å². The number of aryl methyl sites for hydroxylation is 1. The van der Waals surface area contributed by atoms with Gasteiger partial charge in [-0.2, -0.15) is 0 Å². The van der Waals surface area contributed by atoms with E-state index in [1.165, 1.54) is 23.4 Å². The summed E-state index contributed by atoms with van der Waals surface area (Å²) in [5.74, 6) is -5.03. The molecule has 0 saturated carbocycles. The van der Waals surface area contributed by atoms with Crippen molar-refractivity contribution in [3.63, 3.8) is 0 Å². The zero-order valence-corrected chi connectivity index (χ0v) is 17.1. The standard InChI is InChI=1S/C10H17N3S.2C4H4O4/c1-2-5-12-7-3-4-8-9(6-7)14-10(11)13-8;2*5-3(6)1-2-4(7)8/h7,12H,2-6H2,1H3,(H2,11,13);2*1-2H,(H,5,6)(H,7,8)/b;2*2-1+. The van der Waals surface area contributed by atoms with Gasteiger partial charge in [0.25, 0.3) is 0 Å². The number of nitrogens with one attached hydrogen (secondary N) is 1. The van der Waals surface area contributed by atoms with Gasteiger partial charge in [0.15, 0.2) is 5.13 Å². The minimum Gasteiger partial charge on any atom is -0.478 e. The molecule has 1 unspecified atom stereocenters. The van der Waals surface area contributed by atoms with E-state index in [1.807, 2.05) is 0 Å². The number of carboxylic acid groups (broad SMARTS) is 4. The van der Waals surface area contributed by atoms with E-state index in [0.717, 1.165) is 24.5 Å². The van der Waals surface area contributed by atoms with Crippen molar-refractivity contribution in [1.82, 2.24) is 10.3 Å². The number of fused-ring (bicyclic) bond motifs is 1. The van der Waals surface area contributed by atoms with Crippen LogP contribution in [0.1, 0.15) is 30.3 Å². The van der Waals surface area contributed by atoms with Gasteiger partial charge in [0, 0.05) is 35.2 Å². The molecule has 30 heavy (non-hydrogen) atoms. The van der Waals surface area contributed by atoms with Gasteiger partial charge in [-0.05, 0) is 32.2 Å². The molecule has 166 valence electrons. The molecule has 11 nitrogen and oxygen atoms in total. The fourth-order valence-corrected chi connectivity index (χ4v) is 3.16. The van der Waals surface area contributed by atoms with E-state index in [4.69, 9.17) is 26.2 Å². The van der Waals surface area contributed by atoms with E-state index in [1.54, 1.807) is 11.3 Å². The Hall–Kier alpha value is -3.25. The van der Waals surface area contributed by atoms with Crippen LogP contribution in [-0.2, 0) is 32.0 Å². The van der Waals surface area contributed by atoms with Crippen molar-refractivity contribution < 1.29 is 39.6 Å². The molecular formula is C18H25N3O8S. The molecule has 2 rings (SSSR count). The minimum absolute atomic E-state index is 0.558. The summed E-state index contributed by atoms with van der Waals surface area (Å²) < 4.78 is 0. The fraction of sp³-hybridized carbons (Fsp3) is 0.389. The zero-order chi connectivity index (χ0) is 23.1. The van der Waals surface area contributed by atoms with Crippen LogP contribution in [0, 0.1) is 0 Å². The molecule has 0 amide bonds. The topological polar surface area (TPSA) is 200 Å². The third-order valence-corrected chi connectivity index (χ3v) is 4.33. The first kappa shape index (κ1) is 26.8. The maximum Gasteiger partial charge on any atom is 0.328 e. The Balaban J connectivity index is 0.000000456. The summed E-state index contributed by atoms with van der Waals surface area (Å²) in [4.78, 5) is 43.9. The average Bonchev–Trinajstić information content (AvgIpc) is 3.03. The molecule has 1 aromatic heterocycles. The third-order valence-electron chi connectivity index (χ3n) is 3.38. The highest BCUT2D eigenvalue weighted by Gasteiger charge is 2.21. The van der Waals surface area contributed by atoms with E-state index in [2.05, 4.69) is 17.2 Å². The first-order valence-electron chi connectivity index (χ1n) is 8.80. The number of aromatic nitrogens is 1. The van der Waals surface area contributed by atoms with Crippen molar-refractivity contribution >= 4 is 40.3 Å². The molecule has 1 atom stereocenters. The van der Waals surface area contributed by atoms with Crippen molar-refractivity contribution in [2.75, 3.05) is 12.3 Å². The van der Waals surface area contributed by atoms with Gasteiger partial charge in [-0.25, -0.2) is 24.2 Å². The van der Waals surface area contributed by atoms with Crippen molar-refractivity contribution in [2.45, 2.75) is 38.6 Å². The smallest absolute Gasteiger partial charge is 0.328 e. The second-order valence-corrected chi connectivity index (χ2v) is 6.95. The second kappa shape index (κ2) is 14.7. The van der Waals surface area contributed by atoms with Crippen LogP contribution in [0.3, 0.4) is 0 Å². The lowest BCUT2D eigenvalue weighted by molar-refractivity contribution is -0.134. The van der Waals surface area contributed by atoms with Gasteiger partial charge in [0.05, 0.1) is 5.69 Å². The second-order valence-electron chi connectivity index (χ2n) is 5.84. The molecule has 1 heterocycles. The van der Waals surface area contributed by atoms with Crippen molar-refractivity contribution in [2.24, 2.45) is 0 Å². The summed E-state index contributed by atoms with van der Waals surface area (Å²) in [6.45, 7) is 3.32. The van der Waals surface area contributed by atoms with Crippen LogP contribution < -0.4 is 11.1 Å². The lowest BCUT2D eigenvalue weighted by Crippen LogP contribution is -2.34. The van der Waals surface area contributed by atoms with Gasteiger partial charge < -0.3 is 31.5 Å². The van der Waals surface area contributed by atoms with Gasteiger partial charge in [-0.3, -0.25) is 0 Å². The number of thiazole rings is 1. The number of nitrogen functional groups attached to an aromatic ring is 1. The predicted octanol–water partition coefficient (Wildman–Crippen LogP) is 1.01. The first-order valence-corrected chi connectivity index (χ1v) is 9.62. The molecule has 1 aliphatic rings. The van der Waals surface area contributed by atoms with Crippen LogP contribution in [0.2, 0.25) is 0 Å². The summed E-state index contributed by atoms with van der Waals surface area (Å²) in [6, 6.07) is 0.641. The van der Waals surface area contributed by atoms with Gasteiger partial charge in [0.2, 0.25) is 0 Å². The Morgan fingerprint density at radius 1 is 1.03 bits per heavy atom. The van der Waals surface area contributed by atoms with Gasteiger partial charge in [-0.1, -0.05) is 6.92 Å². The number of carbonyl (C=O) groups is 4. The van der Waals surface area contributed by atoms with E-state index in [-0.39, 0.29) is 0 Å². The SMILES string of the molecule is CCCNC1CCc2nc(N)sc2C1.O=C(O)/C=C/C(=O)O.O=C(O)/C=C/C(=O)O. The van der Waals surface area contributed by atoms with Crippen LogP contribution in [0.15, 0.2) is 24.3 Å². The normalized spacial score (nSPS) is 14.8. The predicted molar refractivity (Wildman–Crippen MR) is 109 cm³/mol. The molecule has 12 heteroatoms. The molecule has 0 spiro atoms. The van der Waals surface area contributed by atoms with E-state index in [9.17, 15) is 19.2 Å². The van der Waals surface area contributed by atoms with E-state index in [0.29, 0.717) is 30.3 Å². The highest BCUT2D eigenvalue weighted by atomic mass is 32.1. The zero-order valence-electron chi connectivity index (χ0n) is 16.3. The quantitative estimate of drug-likeness (QED) is 0.328. The summed E-state index contributed by atoms with van der Waals surface area (Å²) in [5.41, 5.74) is 6.93. The van der Waals surface area contributed by atoms with E-state index < -0.39 is 23.9 Å². The summed E-state index contributed by atoms with van der Waals surface area (Å²) >= 11 is 1.65.